The number of aryl methyl sites for hydroxylation is 2. The highest BCUT2D eigenvalue weighted by Gasteiger charge is 2.26. The number of halogens is 1. The predicted molar refractivity (Wildman–Crippen MR) is 93.0 cm³/mol. The molecule has 3 N–H and O–H groups in total. The third-order valence-electron chi connectivity index (χ3n) is 4.55. The third-order valence-corrected chi connectivity index (χ3v) is 4.93. The molecule has 0 fully saturated rings. The van der Waals surface area contributed by atoms with Crippen LogP contribution < -0.4 is 5.32 Å². The number of hydrogen-bond acceptors (Lipinski definition) is 6. The van der Waals surface area contributed by atoms with Crippen molar-refractivity contribution in [1.29, 1.82) is 0 Å². The lowest BCUT2D eigenvalue weighted by molar-refractivity contribution is 0.0684. The number of carbonyl (C=O) groups is 1. The van der Waals surface area contributed by atoms with Crippen LogP contribution in [0.2, 0.25) is 0 Å². The minimum absolute atomic E-state index is 0.115. The van der Waals surface area contributed by atoms with Crippen molar-refractivity contribution in [1.82, 2.24) is 14.2 Å². The molecule has 1 heterocycles. The number of benzene rings is 1. The zero-order valence-corrected chi connectivity index (χ0v) is 14.6. The highest BCUT2D eigenvalue weighted by molar-refractivity contribution is 7.92. The monoisotopic (exact) mass is 366 g/mol. The zero-order chi connectivity index (χ0) is 18.0. The average molecular weight is 366 g/mol. The summed E-state index contributed by atoms with van der Waals surface area (Å²) >= 11 is -0.163. The summed E-state index contributed by atoms with van der Waals surface area (Å²) in [5.41, 5.74) is 6.16. The fourth-order valence-corrected chi connectivity index (χ4v) is 3.85. The first-order valence-electron chi connectivity index (χ1n) is 8.05. The van der Waals surface area contributed by atoms with Crippen molar-refractivity contribution in [2.45, 2.75) is 38.5 Å². The standard InChI is InChI=1S/C15H15FN4O2S.CH4O/c16-23-20-15(18-13(19-20)14(21)22)17-12-10-5-1-3-8(10)7-9-4-2-6-11(9)12;1-2/h7H,1-6H2,(H,21,22)(H,17,18,19);2H,1H3. The molecule has 7 nitrogen and oxygen atoms in total. The van der Waals surface area contributed by atoms with Crippen molar-refractivity contribution < 1.29 is 18.9 Å². The lowest BCUT2D eigenvalue weighted by Crippen LogP contribution is -2.05. The van der Waals surface area contributed by atoms with Gasteiger partial charge in [-0.1, -0.05) is 6.07 Å². The van der Waals surface area contributed by atoms with Crippen LogP contribution >= 0.6 is 12.3 Å². The quantitative estimate of drug-likeness (QED) is 0.765. The molecule has 0 bridgehead atoms. The number of anilines is 2. The molecule has 1 aromatic carbocycles. The van der Waals surface area contributed by atoms with Crippen LogP contribution in [0.5, 0.6) is 0 Å². The Morgan fingerprint density at radius 3 is 2.32 bits per heavy atom. The molecule has 2 aromatic rings. The highest BCUT2D eigenvalue weighted by Crippen LogP contribution is 2.39. The van der Waals surface area contributed by atoms with Crippen LogP contribution in [0, 0.1) is 0 Å². The second-order valence-corrected chi connectivity index (χ2v) is 6.35. The normalized spacial score (nSPS) is 14.5. The van der Waals surface area contributed by atoms with Gasteiger partial charge in [-0.05, 0) is 60.8 Å². The first-order valence-corrected chi connectivity index (χ1v) is 8.72. The molecule has 1 aromatic heterocycles. The summed E-state index contributed by atoms with van der Waals surface area (Å²) in [6.07, 6.45) is 6.29. The highest BCUT2D eigenvalue weighted by atomic mass is 32.2. The van der Waals surface area contributed by atoms with Gasteiger partial charge in [0.2, 0.25) is 5.95 Å². The van der Waals surface area contributed by atoms with Crippen molar-refractivity contribution >= 4 is 29.9 Å². The van der Waals surface area contributed by atoms with Gasteiger partial charge in [0.15, 0.2) is 12.3 Å². The first kappa shape index (κ1) is 17.7. The van der Waals surface area contributed by atoms with Gasteiger partial charge in [-0.2, -0.15) is 4.98 Å². The van der Waals surface area contributed by atoms with E-state index in [0.29, 0.717) is 0 Å². The van der Waals surface area contributed by atoms with Gasteiger partial charge in [-0.15, -0.1) is 13.1 Å². The Labute approximate surface area is 148 Å². The Kier molecular flexibility index (Phi) is 5.24. The molecule has 0 saturated heterocycles. The van der Waals surface area contributed by atoms with Crippen LogP contribution in [-0.4, -0.2) is 37.5 Å². The maximum absolute atomic E-state index is 13.1. The molecular weight excluding hydrogens is 347 g/mol. The minimum Gasteiger partial charge on any atom is -0.475 e. The molecule has 2 aliphatic carbocycles. The van der Waals surface area contributed by atoms with Gasteiger partial charge >= 0.3 is 5.97 Å². The maximum atomic E-state index is 13.1. The summed E-state index contributed by atoms with van der Waals surface area (Å²) in [4.78, 5) is 14.9. The summed E-state index contributed by atoms with van der Waals surface area (Å²) in [5, 5.41) is 22.8. The van der Waals surface area contributed by atoms with Gasteiger partial charge in [-0.3, -0.25) is 0 Å². The molecule has 9 heteroatoms. The SMILES string of the molecule is CO.O=C(O)c1nc(Nc2c3c(cc4c2CCC4)CCC3)n(SF)n1. The largest absolute Gasteiger partial charge is 0.475 e. The molecule has 2 aliphatic rings. The summed E-state index contributed by atoms with van der Waals surface area (Å²) in [6.45, 7) is 0. The number of aromatic nitrogens is 3. The fraction of sp³-hybridized carbons (Fsp3) is 0.438. The Morgan fingerprint density at radius 1 is 1.20 bits per heavy atom. The van der Waals surface area contributed by atoms with E-state index in [1.165, 1.54) is 22.3 Å². The molecule has 0 unspecified atom stereocenters. The van der Waals surface area contributed by atoms with Crippen LogP contribution in [0.15, 0.2) is 6.07 Å². The van der Waals surface area contributed by atoms with E-state index in [0.717, 1.165) is 55.4 Å². The molecular formula is C16H19FN4O3S. The molecule has 25 heavy (non-hydrogen) atoms. The van der Waals surface area contributed by atoms with Crippen molar-refractivity contribution in [2.24, 2.45) is 0 Å². The van der Waals surface area contributed by atoms with Crippen LogP contribution in [-0.2, 0) is 25.7 Å². The van der Waals surface area contributed by atoms with Gasteiger partial charge in [0.1, 0.15) is 0 Å². The molecule has 0 atom stereocenters. The number of carboxylic acid groups (broad SMARTS) is 1. The van der Waals surface area contributed by atoms with E-state index >= 15 is 0 Å². The van der Waals surface area contributed by atoms with Crippen LogP contribution in [0.3, 0.4) is 0 Å². The number of carboxylic acids is 1. The topological polar surface area (TPSA) is 100 Å². The maximum Gasteiger partial charge on any atom is 0.375 e. The van der Waals surface area contributed by atoms with Crippen LogP contribution in [0.25, 0.3) is 0 Å². The number of nitrogens with zero attached hydrogens (tertiary/aromatic N) is 3. The Balaban J connectivity index is 0.000000880. The number of nitrogens with one attached hydrogen (secondary N) is 1. The molecule has 0 spiro atoms. The second-order valence-electron chi connectivity index (χ2n) is 5.87. The first-order chi connectivity index (χ1) is 12.2. The van der Waals surface area contributed by atoms with Crippen molar-refractivity contribution in [3.05, 3.63) is 34.1 Å². The molecule has 0 radical (unpaired) electrons. The number of aliphatic hydroxyl groups excluding tert-OH is 1. The van der Waals surface area contributed by atoms with E-state index < -0.39 is 11.8 Å². The van der Waals surface area contributed by atoms with Crippen LogP contribution in [0.4, 0.5) is 15.5 Å². The van der Waals surface area contributed by atoms with Gasteiger partial charge in [0.05, 0.1) is 0 Å². The zero-order valence-electron chi connectivity index (χ0n) is 13.8. The minimum atomic E-state index is -1.27. The van der Waals surface area contributed by atoms with Crippen LogP contribution in [0.1, 0.15) is 45.7 Å². The Hall–Kier alpha value is -2.13. The van der Waals surface area contributed by atoms with Gasteiger partial charge in [0.25, 0.3) is 5.82 Å². The smallest absolute Gasteiger partial charge is 0.375 e. The number of aliphatic hydroxyl groups is 1. The van der Waals surface area contributed by atoms with E-state index in [-0.39, 0.29) is 18.3 Å². The lowest BCUT2D eigenvalue weighted by Gasteiger charge is -2.16. The predicted octanol–water partition coefficient (Wildman–Crippen LogP) is 2.69. The van der Waals surface area contributed by atoms with Gasteiger partial charge in [-0.25, -0.2) is 4.79 Å². The van der Waals surface area contributed by atoms with E-state index in [2.05, 4.69) is 21.5 Å². The van der Waals surface area contributed by atoms with Gasteiger partial charge in [0, 0.05) is 12.8 Å². The lowest BCUT2D eigenvalue weighted by atomic mass is 9.99. The Morgan fingerprint density at radius 2 is 1.80 bits per heavy atom. The van der Waals surface area contributed by atoms with Crippen molar-refractivity contribution in [2.75, 3.05) is 12.4 Å². The fourth-order valence-electron chi connectivity index (χ4n) is 3.59. The third kappa shape index (κ3) is 3.21. The summed E-state index contributed by atoms with van der Waals surface area (Å²) in [6, 6.07) is 2.30. The Bertz CT molecular complexity index is 777. The summed E-state index contributed by atoms with van der Waals surface area (Å²) in [7, 11) is 1.00. The molecule has 0 aliphatic heterocycles. The van der Waals surface area contributed by atoms with Gasteiger partial charge < -0.3 is 15.5 Å². The van der Waals surface area contributed by atoms with E-state index in [4.69, 9.17) is 10.2 Å². The van der Waals surface area contributed by atoms with E-state index in [9.17, 15) is 8.68 Å². The number of rotatable bonds is 4. The van der Waals surface area contributed by atoms with Crippen molar-refractivity contribution in [3.8, 4) is 0 Å². The van der Waals surface area contributed by atoms with E-state index in [1.807, 2.05) is 0 Å². The van der Waals surface area contributed by atoms with E-state index in [1.54, 1.807) is 0 Å². The van der Waals surface area contributed by atoms with Crippen molar-refractivity contribution in [3.63, 3.8) is 0 Å². The number of aromatic carboxylic acids is 1. The summed E-state index contributed by atoms with van der Waals surface area (Å²) < 4.78 is 13.9. The second kappa shape index (κ2) is 7.40. The molecule has 0 saturated carbocycles. The average Bonchev–Trinajstić information content (AvgIpc) is 3.35. The molecule has 0 amide bonds. The molecule has 4 rings (SSSR count). The number of hydrogen-bond donors (Lipinski definition) is 3. The molecule has 134 valence electrons. The number of fused-ring (bicyclic) bond motifs is 2. The summed E-state index contributed by atoms with van der Waals surface area (Å²) in [5.74, 6) is -1.57.